The van der Waals surface area contributed by atoms with Crippen LogP contribution in [0.2, 0.25) is 0 Å². The molecule has 0 bridgehead atoms. The molecule has 3 heteroatoms. The summed E-state index contributed by atoms with van der Waals surface area (Å²) in [5, 5.41) is 0. The molecule has 1 saturated carbocycles. The fourth-order valence-corrected chi connectivity index (χ4v) is 3.99. The lowest BCUT2D eigenvalue weighted by molar-refractivity contribution is -0.127. The number of allylic oxidation sites excluding steroid dienone is 2. The van der Waals surface area contributed by atoms with Gasteiger partial charge in [-0.1, -0.05) is 37.3 Å². The van der Waals surface area contributed by atoms with Crippen molar-refractivity contribution in [1.29, 1.82) is 0 Å². The van der Waals surface area contributed by atoms with E-state index in [4.69, 9.17) is 4.74 Å². The molecule has 0 aromatic heterocycles. The van der Waals surface area contributed by atoms with Crippen molar-refractivity contribution in [3.63, 3.8) is 0 Å². The molecule has 0 heterocycles. The quantitative estimate of drug-likeness (QED) is 0.470. The molecule has 1 aromatic carbocycles. The topological polar surface area (TPSA) is 43.4 Å². The Bertz CT molecular complexity index is 619. The van der Waals surface area contributed by atoms with Crippen LogP contribution in [0.25, 0.3) is 0 Å². The van der Waals surface area contributed by atoms with E-state index in [0.29, 0.717) is 30.8 Å². The standard InChI is InChI=1S/C22H28O3/c1-4-6-10-18(16-25-21(24)17-11-8-7-9-12-17)19-13-14-20(23)22(19,3)15-5-2/h4-5,7-9,11-12,18-19H,1-2,6,10,13-16H2,3H3/t18-,19-,22-/m1/s1. The number of hydrogen-bond acceptors (Lipinski definition) is 3. The normalized spacial score (nSPS) is 23.9. The highest BCUT2D eigenvalue weighted by Crippen LogP contribution is 2.48. The van der Waals surface area contributed by atoms with Gasteiger partial charge in [0, 0.05) is 11.8 Å². The van der Waals surface area contributed by atoms with Gasteiger partial charge in [0.1, 0.15) is 5.78 Å². The number of Topliss-reactive ketones (excluding diaryl/α,β-unsaturated/α-hetero) is 1. The Morgan fingerprint density at radius 2 is 2.04 bits per heavy atom. The molecule has 1 fully saturated rings. The predicted molar refractivity (Wildman–Crippen MR) is 100 cm³/mol. The molecular formula is C22H28O3. The number of ketones is 1. The van der Waals surface area contributed by atoms with Crippen molar-refractivity contribution >= 4 is 11.8 Å². The van der Waals surface area contributed by atoms with Crippen LogP contribution in [-0.2, 0) is 9.53 Å². The molecule has 0 spiro atoms. The Morgan fingerprint density at radius 3 is 2.68 bits per heavy atom. The van der Waals surface area contributed by atoms with Crippen molar-refractivity contribution in [1.82, 2.24) is 0 Å². The second kappa shape index (κ2) is 8.80. The van der Waals surface area contributed by atoms with Crippen molar-refractivity contribution in [3.05, 3.63) is 61.2 Å². The van der Waals surface area contributed by atoms with Crippen LogP contribution in [0.3, 0.4) is 0 Å². The number of carbonyl (C=O) groups is 2. The van der Waals surface area contributed by atoms with Crippen LogP contribution in [0, 0.1) is 17.3 Å². The average molecular weight is 340 g/mol. The number of esters is 1. The van der Waals surface area contributed by atoms with E-state index >= 15 is 0 Å². The van der Waals surface area contributed by atoms with Gasteiger partial charge in [0.15, 0.2) is 0 Å². The molecule has 0 saturated heterocycles. The molecule has 1 aliphatic rings. The van der Waals surface area contributed by atoms with E-state index in [-0.39, 0.29) is 17.8 Å². The molecule has 3 atom stereocenters. The summed E-state index contributed by atoms with van der Waals surface area (Å²) in [6, 6.07) is 9.02. The molecule has 0 aliphatic heterocycles. The van der Waals surface area contributed by atoms with Gasteiger partial charge in [-0.3, -0.25) is 4.79 Å². The lowest BCUT2D eigenvalue weighted by atomic mass is 9.69. The monoisotopic (exact) mass is 340 g/mol. The molecule has 1 aromatic rings. The minimum Gasteiger partial charge on any atom is -0.462 e. The number of rotatable bonds is 9. The zero-order chi connectivity index (χ0) is 18.3. The molecule has 0 radical (unpaired) electrons. The summed E-state index contributed by atoms with van der Waals surface area (Å²) in [5.41, 5.74) is 0.161. The van der Waals surface area contributed by atoms with Gasteiger partial charge in [0.2, 0.25) is 0 Å². The predicted octanol–water partition coefficient (Wildman–Crippen LogP) is 4.99. The van der Waals surface area contributed by atoms with E-state index in [1.54, 1.807) is 12.1 Å². The van der Waals surface area contributed by atoms with Crippen LogP contribution in [-0.4, -0.2) is 18.4 Å². The largest absolute Gasteiger partial charge is 0.462 e. The summed E-state index contributed by atoms with van der Waals surface area (Å²) in [6.07, 6.45) is 7.57. The lowest BCUT2D eigenvalue weighted by Gasteiger charge is -2.35. The highest BCUT2D eigenvalue weighted by molar-refractivity contribution is 5.89. The van der Waals surface area contributed by atoms with Gasteiger partial charge < -0.3 is 4.74 Å². The van der Waals surface area contributed by atoms with Gasteiger partial charge in [-0.25, -0.2) is 4.79 Å². The summed E-state index contributed by atoms with van der Waals surface area (Å²) in [4.78, 5) is 24.7. The third-order valence-corrected chi connectivity index (χ3v) is 5.45. The van der Waals surface area contributed by atoms with Gasteiger partial charge in [0.05, 0.1) is 12.2 Å². The van der Waals surface area contributed by atoms with Crippen LogP contribution in [0.15, 0.2) is 55.6 Å². The smallest absolute Gasteiger partial charge is 0.338 e. The first-order valence-corrected chi connectivity index (χ1v) is 9.00. The van der Waals surface area contributed by atoms with Gasteiger partial charge in [0.25, 0.3) is 0 Å². The first-order valence-electron chi connectivity index (χ1n) is 9.00. The number of benzene rings is 1. The van der Waals surface area contributed by atoms with E-state index in [2.05, 4.69) is 13.2 Å². The zero-order valence-electron chi connectivity index (χ0n) is 15.1. The van der Waals surface area contributed by atoms with E-state index < -0.39 is 5.41 Å². The Labute approximate surface area is 150 Å². The maximum Gasteiger partial charge on any atom is 0.338 e. The number of hydrogen-bond donors (Lipinski definition) is 0. The van der Waals surface area contributed by atoms with Crippen LogP contribution in [0.1, 0.15) is 49.4 Å². The van der Waals surface area contributed by atoms with Crippen LogP contribution < -0.4 is 0 Å². The van der Waals surface area contributed by atoms with Crippen LogP contribution >= 0.6 is 0 Å². The van der Waals surface area contributed by atoms with E-state index in [1.807, 2.05) is 37.3 Å². The van der Waals surface area contributed by atoms with Crippen molar-refractivity contribution in [3.8, 4) is 0 Å². The molecule has 0 unspecified atom stereocenters. The minimum absolute atomic E-state index is 0.155. The first-order chi connectivity index (χ1) is 12.0. The molecule has 0 amide bonds. The van der Waals surface area contributed by atoms with E-state index in [0.717, 1.165) is 19.3 Å². The fraction of sp³-hybridized carbons (Fsp3) is 0.455. The maximum absolute atomic E-state index is 12.5. The van der Waals surface area contributed by atoms with Gasteiger partial charge in [-0.2, -0.15) is 0 Å². The summed E-state index contributed by atoms with van der Waals surface area (Å²) >= 11 is 0. The lowest BCUT2D eigenvalue weighted by Crippen LogP contribution is -2.35. The molecular weight excluding hydrogens is 312 g/mol. The van der Waals surface area contributed by atoms with Gasteiger partial charge >= 0.3 is 5.97 Å². The average Bonchev–Trinajstić information content (AvgIpc) is 2.91. The van der Waals surface area contributed by atoms with Gasteiger partial charge in [-0.15, -0.1) is 13.2 Å². The van der Waals surface area contributed by atoms with Crippen molar-refractivity contribution in [2.75, 3.05) is 6.61 Å². The zero-order valence-corrected chi connectivity index (χ0v) is 15.1. The summed E-state index contributed by atoms with van der Waals surface area (Å²) in [7, 11) is 0. The second-order valence-corrected chi connectivity index (χ2v) is 7.07. The summed E-state index contributed by atoms with van der Waals surface area (Å²) in [5.74, 6) is 0.359. The molecule has 134 valence electrons. The highest BCUT2D eigenvalue weighted by atomic mass is 16.5. The summed E-state index contributed by atoms with van der Waals surface area (Å²) < 4.78 is 5.60. The van der Waals surface area contributed by atoms with E-state index in [9.17, 15) is 9.59 Å². The Hall–Kier alpha value is -2.16. The third kappa shape index (κ3) is 4.47. The van der Waals surface area contributed by atoms with Crippen molar-refractivity contribution in [2.45, 2.75) is 39.0 Å². The number of ether oxygens (including phenoxy) is 1. The molecule has 0 N–H and O–H groups in total. The minimum atomic E-state index is -0.396. The van der Waals surface area contributed by atoms with Crippen LogP contribution in [0.4, 0.5) is 0 Å². The van der Waals surface area contributed by atoms with Crippen LogP contribution in [0.5, 0.6) is 0 Å². The first kappa shape index (κ1) is 19.2. The second-order valence-electron chi connectivity index (χ2n) is 7.07. The molecule has 3 nitrogen and oxygen atoms in total. The van der Waals surface area contributed by atoms with E-state index in [1.165, 1.54) is 0 Å². The Morgan fingerprint density at radius 1 is 1.32 bits per heavy atom. The van der Waals surface area contributed by atoms with Crippen molar-refractivity contribution in [2.24, 2.45) is 17.3 Å². The molecule has 1 aliphatic carbocycles. The Kier molecular flexibility index (Phi) is 6.74. The van der Waals surface area contributed by atoms with Gasteiger partial charge in [-0.05, 0) is 49.7 Å². The highest BCUT2D eigenvalue weighted by Gasteiger charge is 2.48. The molecule has 2 rings (SSSR count). The molecule has 25 heavy (non-hydrogen) atoms. The maximum atomic E-state index is 12.5. The third-order valence-electron chi connectivity index (χ3n) is 5.45. The number of carbonyl (C=O) groups excluding carboxylic acids is 2. The fourth-order valence-electron chi connectivity index (χ4n) is 3.99. The summed E-state index contributed by atoms with van der Waals surface area (Å²) in [6.45, 7) is 9.99. The Balaban J connectivity index is 2.10. The van der Waals surface area contributed by atoms with Crippen molar-refractivity contribution < 1.29 is 14.3 Å². The SMILES string of the molecule is C=CCC[C@H](COC(=O)c1ccccc1)[C@H]1CCC(=O)[C@]1(C)CC=C.